The highest BCUT2D eigenvalue weighted by atomic mass is 32.1. The van der Waals surface area contributed by atoms with E-state index >= 15 is 0 Å². The molecule has 136 valence electrons. The number of rotatable bonds is 6. The average molecular weight is 371 g/mol. The largest absolute Gasteiger partial charge is 0.451 e. The lowest BCUT2D eigenvalue weighted by Gasteiger charge is -2.27. The second kappa shape index (κ2) is 8.11. The van der Waals surface area contributed by atoms with Gasteiger partial charge in [0.1, 0.15) is 10.4 Å². The second-order valence-electron chi connectivity index (χ2n) is 6.37. The molecule has 26 heavy (non-hydrogen) atoms. The number of esters is 1. The Bertz CT molecular complexity index is 839. The fourth-order valence-electron chi connectivity index (χ4n) is 2.18. The minimum atomic E-state index is -1.01. The van der Waals surface area contributed by atoms with Gasteiger partial charge >= 0.3 is 5.97 Å². The van der Waals surface area contributed by atoms with Crippen molar-refractivity contribution in [3.63, 3.8) is 0 Å². The van der Waals surface area contributed by atoms with E-state index in [-0.39, 0.29) is 5.92 Å². The standard InChI is InChI=1S/C19H21N3O3S/c1-12(2)19(4,11-20)22-15(23)10-25-18(24)17-16(21-13(3)26-17)14-8-6-5-7-9-14/h5-9,12H,10H2,1-4H3,(H,22,23)/t19-/m0/s1. The van der Waals surface area contributed by atoms with Crippen molar-refractivity contribution >= 4 is 23.2 Å². The SMILES string of the molecule is Cc1nc(-c2ccccc2)c(C(=O)OCC(=O)N[C@@](C)(C#N)C(C)C)s1. The Labute approximate surface area is 156 Å². The van der Waals surface area contributed by atoms with Gasteiger partial charge in [-0.2, -0.15) is 5.26 Å². The third-order valence-electron chi connectivity index (χ3n) is 4.09. The molecule has 0 unspecified atom stereocenters. The van der Waals surface area contributed by atoms with Gasteiger partial charge in [-0.3, -0.25) is 4.79 Å². The predicted molar refractivity (Wildman–Crippen MR) is 99.6 cm³/mol. The third kappa shape index (κ3) is 4.46. The van der Waals surface area contributed by atoms with Crippen LogP contribution in [0.25, 0.3) is 11.3 Å². The quantitative estimate of drug-likeness (QED) is 0.786. The zero-order valence-electron chi connectivity index (χ0n) is 15.2. The van der Waals surface area contributed by atoms with Crippen LogP contribution in [0.2, 0.25) is 0 Å². The lowest BCUT2D eigenvalue weighted by molar-refractivity contribution is -0.125. The molecule has 0 aliphatic rings. The molecule has 0 saturated heterocycles. The van der Waals surface area contributed by atoms with E-state index in [9.17, 15) is 14.9 Å². The van der Waals surface area contributed by atoms with Gasteiger partial charge in [0.2, 0.25) is 0 Å². The highest BCUT2D eigenvalue weighted by Gasteiger charge is 2.30. The molecule has 7 heteroatoms. The van der Waals surface area contributed by atoms with E-state index < -0.39 is 24.0 Å². The topological polar surface area (TPSA) is 92.1 Å². The Balaban J connectivity index is 2.08. The van der Waals surface area contributed by atoms with Gasteiger partial charge in [0.25, 0.3) is 5.91 Å². The molecule has 0 fully saturated rings. The van der Waals surface area contributed by atoms with Gasteiger partial charge in [0.15, 0.2) is 6.61 Å². The molecule has 0 aliphatic heterocycles. The van der Waals surface area contributed by atoms with Crippen LogP contribution in [-0.4, -0.2) is 29.0 Å². The summed E-state index contributed by atoms with van der Waals surface area (Å²) in [5, 5.41) is 12.6. The van der Waals surface area contributed by atoms with E-state index in [4.69, 9.17) is 4.74 Å². The number of hydrogen-bond donors (Lipinski definition) is 1. The van der Waals surface area contributed by atoms with Crippen molar-refractivity contribution < 1.29 is 14.3 Å². The monoisotopic (exact) mass is 371 g/mol. The summed E-state index contributed by atoms with van der Waals surface area (Å²) in [6, 6.07) is 11.4. The second-order valence-corrected chi connectivity index (χ2v) is 7.57. The van der Waals surface area contributed by atoms with Gasteiger partial charge < -0.3 is 10.1 Å². The van der Waals surface area contributed by atoms with Crippen LogP contribution in [0, 0.1) is 24.2 Å². The number of aromatic nitrogens is 1. The van der Waals surface area contributed by atoms with Crippen LogP contribution < -0.4 is 5.32 Å². The van der Waals surface area contributed by atoms with Crippen molar-refractivity contribution in [1.29, 1.82) is 5.26 Å². The third-order valence-corrected chi connectivity index (χ3v) is 5.04. The highest BCUT2D eigenvalue weighted by Crippen LogP contribution is 2.28. The first-order valence-corrected chi connectivity index (χ1v) is 9.00. The Hall–Kier alpha value is -2.72. The number of nitrogens with zero attached hydrogens (tertiary/aromatic N) is 2. The number of nitrogens with one attached hydrogen (secondary N) is 1. The first kappa shape index (κ1) is 19.6. The molecule has 1 N–H and O–H groups in total. The number of ether oxygens (including phenoxy) is 1. The van der Waals surface area contributed by atoms with Crippen molar-refractivity contribution in [2.75, 3.05) is 6.61 Å². The molecule has 0 bridgehead atoms. The van der Waals surface area contributed by atoms with E-state index in [1.54, 1.807) is 6.92 Å². The molecule has 1 amide bonds. The maximum atomic E-state index is 12.4. The van der Waals surface area contributed by atoms with Crippen LogP contribution in [0.3, 0.4) is 0 Å². The van der Waals surface area contributed by atoms with Gasteiger partial charge in [-0.25, -0.2) is 9.78 Å². The van der Waals surface area contributed by atoms with Gasteiger partial charge in [0, 0.05) is 5.56 Å². The summed E-state index contributed by atoms with van der Waals surface area (Å²) in [5.74, 6) is -1.20. The maximum Gasteiger partial charge on any atom is 0.351 e. The number of nitriles is 1. The maximum absolute atomic E-state index is 12.4. The van der Waals surface area contributed by atoms with Crippen LogP contribution in [0.4, 0.5) is 0 Å². The number of carbonyl (C=O) groups is 2. The molecule has 0 aliphatic carbocycles. The minimum absolute atomic E-state index is 0.0824. The summed E-state index contributed by atoms with van der Waals surface area (Å²) in [7, 11) is 0. The molecule has 0 spiro atoms. The molecule has 1 aromatic heterocycles. The number of carbonyl (C=O) groups excluding carboxylic acids is 2. The Kier molecular flexibility index (Phi) is 6.11. The molecular formula is C19H21N3O3S. The molecular weight excluding hydrogens is 350 g/mol. The van der Waals surface area contributed by atoms with Crippen LogP contribution >= 0.6 is 11.3 Å². The zero-order valence-corrected chi connectivity index (χ0v) is 16.0. The van der Waals surface area contributed by atoms with E-state index in [1.165, 1.54) is 11.3 Å². The summed E-state index contributed by atoms with van der Waals surface area (Å²) < 4.78 is 5.15. The van der Waals surface area contributed by atoms with Crippen LogP contribution in [-0.2, 0) is 9.53 Å². The Morgan fingerprint density at radius 1 is 1.35 bits per heavy atom. The van der Waals surface area contributed by atoms with Crippen molar-refractivity contribution in [1.82, 2.24) is 10.3 Å². The number of benzene rings is 1. The highest BCUT2D eigenvalue weighted by molar-refractivity contribution is 7.14. The first-order chi connectivity index (χ1) is 12.3. The predicted octanol–water partition coefficient (Wildman–Crippen LogP) is 3.33. The van der Waals surface area contributed by atoms with Crippen molar-refractivity contribution in [2.45, 2.75) is 33.2 Å². The summed E-state index contributed by atoms with van der Waals surface area (Å²) in [6.07, 6.45) is 0. The molecule has 0 radical (unpaired) electrons. The molecule has 1 heterocycles. The first-order valence-electron chi connectivity index (χ1n) is 8.19. The van der Waals surface area contributed by atoms with Crippen LogP contribution in [0.5, 0.6) is 0 Å². The van der Waals surface area contributed by atoms with Gasteiger partial charge in [-0.05, 0) is 19.8 Å². The Morgan fingerprint density at radius 2 is 2.00 bits per heavy atom. The average Bonchev–Trinajstić information content (AvgIpc) is 3.02. The molecule has 1 atom stereocenters. The van der Waals surface area contributed by atoms with Gasteiger partial charge in [-0.1, -0.05) is 44.2 Å². The van der Waals surface area contributed by atoms with E-state index in [1.807, 2.05) is 51.1 Å². The molecule has 6 nitrogen and oxygen atoms in total. The zero-order chi connectivity index (χ0) is 19.3. The summed E-state index contributed by atoms with van der Waals surface area (Å²) in [6.45, 7) is 6.66. The van der Waals surface area contributed by atoms with Gasteiger partial charge in [-0.15, -0.1) is 11.3 Å². The van der Waals surface area contributed by atoms with Crippen molar-refractivity contribution in [3.05, 3.63) is 40.2 Å². The smallest absolute Gasteiger partial charge is 0.351 e. The molecule has 1 aromatic carbocycles. The Morgan fingerprint density at radius 3 is 2.58 bits per heavy atom. The van der Waals surface area contributed by atoms with E-state index in [2.05, 4.69) is 16.4 Å². The number of aryl methyl sites for hydroxylation is 1. The summed E-state index contributed by atoms with van der Waals surface area (Å²) >= 11 is 1.22. The number of thiazole rings is 1. The van der Waals surface area contributed by atoms with E-state index in [0.717, 1.165) is 10.6 Å². The van der Waals surface area contributed by atoms with Crippen molar-refractivity contribution in [3.8, 4) is 17.3 Å². The fraction of sp³-hybridized carbons (Fsp3) is 0.368. The van der Waals surface area contributed by atoms with Crippen LogP contribution in [0.15, 0.2) is 30.3 Å². The molecule has 2 rings (SSSR count). The normalized spacial score (nSPS) is 12.9. The minimum Gasteiger partial charge on any atom is -0.451 e. The number of amides is 1. The van der Waals surface area contributed by atoms with Gasteiger partial charge in [0.05, 0.1) is 16.8 Å². The molecule has 2 aromatic rings. The summed E-state index contributed by atoms with van der Waals surface area (Å²) in [4.78, 5) is 29.2. The van der Waals surface area contributed by atoms with E-state index in [0.29, 0.717) is 10.6 Å². The number of hydrogen-bond acceptors (Lipinski definition) is 6. The fourth-order valence-corrected chi connectivity index (χ4v) is 3.02. The molecule has 0 saturated carbocycles. The lowest BCUT2D eigenvalue weighted by atomic mass is 9.90. The summed E-state index contributed by atoms with van der Waals surface area (Å²) in [5.41, 5.74) is 0.340. The lowest BCUT2D eigenvalue weighted by Crippen LogP contribution is -2.50. The van der Waals surface area contributed by atoms with Crippen molar-refractivity contribution in [2.24, 2.45) is 5.92 Å². The van der Waals surface area contributed by atoms with Crippen LogP contribution in [0.1, 0.15) is 35.5 Å².